The SMILES string of the molecule is CC[C@@H](NC(=O)COc1cccc(OC)c1)c1ccc(OC)c(C)c1. The van der Waals surface area contributed by atoms with Gasteiger partial charge in [0.15, 0.2) is 6.61 Å². The predicted molar refractivity (Wildman–Crippen MR) is 97.4 cm³/mol. The van der Waals surface area contributed by atoms with Gasteiger partial charge in [-0.2, -0.15) is 0 Å². The number of hydrogen-bond donors (Lipinski definition) is 1. The number of ether oxygens (including phenoxy) is 3. The first-order chi connectivity index (χ1) is 12.1. The van der Waals surface area contributed by atoms with Crippen LogP contribution in [0.2, 0.25) is 0 Å². The molecule has 134 valence electrons. The Labute approximate surface area is 148 Å². The molecule has 0 spiro atoms. The molecular weight excluding hydrogens is 318 g/mol. The summed E-state index contributed by atoms with van der Waals surface area (Å²) in [5, 5.41) is 3.01. The summed E-state index contributed by atoms with van der Waals surface area (Å²) < 4.78 is 16.0. The zero-order valence-corrected chi connectivity index (χ0v) is 15.2. The van der Waals surface area contributed by atoms with E-state index in [4.69, 9.17) is 14.2 Å². The van der Waals surface area contributed by atoms with Crippen LogP contribution >= 0.6 is 0 Å². The minimum Gasteiger partial charge on any atom is -0.497 e. The summed E-state index contributed by atoms with van der Waals surface area (Å²) in [6.45, 7) is 3.98. The molecule has 2 rings (SSSR count). The molecule has 2 aromatic rings. The molecule has 0 heterocycles. The molecule has 25 heavy (non-hydrogen) atoms. The van der Waals surface area contributed by atoms with Gasteiger partial charge in [0.2, 0.25) is 0 Å². The van der Waals surface area contributed by atoms with Gasteiger partial charge in [-0.3, -0.25) is 4.79 Å². The number of nitrogens with one attached hydrogen (secondary N) is 1. The van der Waals surface area contributed by atoms with E-state index in [1.807, 2.05) is 44.2 Å². The molecule has 1 atom stereocenters. The van der Waals surface area contributed by atoms with E-state index in [0.29, 0.717) is 11.5 Å². The van der Waals surface area contributed by atoms with Gasteiger partial charge in [0.25, 0.3) is 5.91 Å². The lowest BCUT2D eigenvalue weighted by Crippen LogP contribution is -2.32. The topological polar surface area (TPSA) is 56.8 Å². The average Bonchev–Trinajstić information content (AvgIpc) is 2.64. The Morgan fingerprint density at radius 3 is 2.48 bits per heavy atom. The van der Waals surface area contributed by atoms with Crippen molar-refractivity contribution in [2.24, 2.45) is 0 Å². The number of methoxy groups -OCH3 is 2. The zero-order chi connectivity index (χ0) is 18.2. The highest BCUT2D eigenvalue weighted by atomic mass is 16.5. The second-order valence-corrected chi connectivity index (χ2v) is 5.73. The summed E-state index contributed by atoms with van der Waals surface area (Å²) in [5.41, 5.74) is 2.09. The highest BCUT2D eigenvalue weighted by Gasteiger charge is 2.14. The summed E-state index contributed by atoms with van der Waals surface area (Å²) in [6.07, 6.45) is 0.788. The highest BCUT2D eigenvalue weighted by Crippen LogP contribution is 2.24. The van der Waals surface area contributed by atoms with Crippen molar-refractivity contribution in [2.45, 2.75) is 26.3 Å². The predicted octanol–water partition coefficient (Wildman–Crippen LogP) is 3.66. The second kappa shape index (κ2) is 8.97. The lowest BCUT2D eigenvalue weighted by molar-refractivity contribution is -0.123. The van der Waals surface area contributed by atoms with Gasteiger partial charge in [-0.1, -0.05) is 25.1 Å². The maximum Gasteiger partial charge on any atom is 0.258 e. The van der Waals surface area contributed by atoms with Gasteiger partial charge in [0, 0.05) is 6.07 Å². The summed E-state index contributed by atoms with van der Waals surface area (Å²) in [5.74, 6) is 1.97. The molecule has 1 amide bonds. The van der Waals surface area contributed by atoms with Crippen LogP contribution in [0.5, 0.6) is 17.2 Å². The summed E-state index contributed by atoms with van der Waals surface area (Å²) in [4.78, 5) is 12.2. The molecule has 0 fully saturated rings. The first kappa shape index (κ1) is 18.6. The van der Waals surface area contributed by atoms with Crippen LogP contribution in [-0.2, 0) is 4.79 Å². The fraction of sp³-hybridized carbons (Fsp3) is 0.350. The van der Waals surface area contributed by atoms with E-state index in [0.717, 1.165) is 23.3 Å². The van der Waals surface area contributed by atoms with Gasteiger partial charge in [-0.15, -0.1) is 0 Å². The molecule has 5 heteroatoms. The zero-order valence-electron chi connectivity index (χ0n) is 15.2. The largest absolute Gasteiger partial charge is 0.497 e. The van der Waals surface area contributed by atoms with Gasteiger partial charge in [0.05, 0.1) is 20.3 Å². The van der Waals surface area contributed by atoms with Crippen LogP contribution in [0.1, 0.15) is 30.5 Å². The molecule has 0 saturated carbocycles. The van der Waals surface area contributed by atoms with Crippen LogP contribution in [0.3, 0.4) is 0 Å². The van der Waals surface area contributed by atoms with Crippen LogP contribution in [0, 0.1) is 6.92 Å². The van der Waals surface area contributed by atoms with Crippen molar-refractivity contribution in [3.63, 3.8) is 0 Å². The molecule has 0 aliphatic carbocycles. The minimum absolute atomic E-state index is 0.0429. The number of amides is 1. The Bertz CT molecular complexity index is 715. The van der Waals surface area contributed by atoms with Crippen molar-refractivity contribution < 1.29 is 19.0 Å². The number of carbonyl (C=O) groups excluding carboxylic acids is 1. The van der Waals surface area contributed by atoms with Gasteiger partial charge in [0.1, 0.15) is 17.2 Å². The van der Waals surface area contributed by atoms with Gasteiger partial charge in [-0.25, -0.2) is 0 Å². The van der Waals surface area contributed by atoms with Crippen LogP contribution in [0.15, 0.2) is 42.5 Å². The number of hydrogen-bond acceptors (Lipinski definition) is 4. The Hall–Kier alpha value is -2.69. The number of rotatable bonds is 8. The third kappa shape index (κ3) is 5.14. The van der Waals surface area contributed by atoms with E-state index >= 15 is 0 Å². The highest BCUT2D eigenvalue weighted by molar-refractivity contribution is 5.78. The molecule has 0 radical (unpaired) electrons. The molecule has 0 aromatic heterocycles. The monoisotopic (exact) mass is 343 g/mol. The summed E-state index contributed by atoms with van der Waals surface area (Å²) in [6, 6.07) is 13.1. The van der Waals surface area contributed by atoms with Crippen LogP contribution in [0.4, 0.5) is 0 Å². The van der Waals surface area contributed by atoms with Gasteiger partial charge < -0.3 is 19.5 Å². The van der Waals surface area contributed by atoms with Crippen molar-refractivity contribution in [3.05, 3.63) is 53.6 Å². The van der Waals surface area contributed by atoms with E-state index < -0.39 is 0 Å². The Kier molecular flexibility index (Phi) is 6.69. The second-order valence-electron chi connectivity index (χ2n) is 5.73. The minimum atomic E-state index is -0.164. The standard InChI is InChI=1S/C20H25NO4/c1-5-18(15-9-10-19(24-4)14(2)11-15)21-20(22)13-25-17-8-6-7-16(12-17)23-3/h6-12,18H,5,13H2,1-4H3,(H,21,22)/t18-/m1/s1. The number of aryl methyl sites for hydroxylation is 1. The molecule has 0 saturated heterocycles. The third-order valence-corrected chi connectivity index (χ3v) is 3.98. The van der Waals surface area contributed by atoms with Gasteiger partial charge in [-0.05, 0) is 42.7 Å². The van der Waals surface area contributed by atoms with E-state index in [9.17, 15) is 4.79 Å². The van der Waals surface area contributed by atoms with Gasteiger partial charge >= 0.3 is 0 Å². The van der Waals surface area contributed by atoms with Crippen molar-refractivity contribution in [1.82, 2.24) is 5.32 Å². The Balaban J connectivity index is 1.96. The Morgan fingerprint density at radius 1 is 1.08 bits per heavy atom. The summed E-state index contributed by atoms with van der Waals surface area (Å²) in [7, 11) is 3.24. The van der Waals surface area contributed by atoms with E-state index in [1.165, 1.54) is 0 Å². The maximum absolute atomic E-state index is 12.2. The number of benzene rings is 2. The molecule has 2 aromatic carbocycles. The smallest absolute Gasteiger partial charge is 0.258 e. The van der Waals surface area contributed by atoms with E-state index in [-0.39, 0.29) is 18.6 Å². The molecule has 0 aliphatic rings. The Morgan fingerprint density at radius 2 is 1.84 bits per heavy atom. The lowest BCUT2D eigenvalue weighted by Gasteiger charge is -2.19. The third-order valence-electron chi connectivity index (χ3n) is 3.98. The fourth-order valence-electron chi connectivity index (χ4n) is 2.62. The lowest BCUT2D eigenvalue weighted by atomic mass is 10.0. The van der Waals surface area contributed by atoms with Crippen molar-refractivity contribution in [1.29, 1.82) is 0 Å². The van der Waals surface area contributed by atoms with E-state index in [2.05, 4.69) is 5.32 Å². The average molecular weight is 343 g/mol. The van der Waals surface area contributed by atoms with Crippen LogP contribution < -0.4 is 19.5 Å². The quantitative estimate of drug-likeness (QED) is 0.795. The molecule has 5 nitrogen and oxygen atoms in total. The van der Waals surface area contributed by atoms with Crippen molar-refractivity contribution >= 4 is 5.91 Å². The first-order valence-electron chi connectivity index (χ1n) is 8.28. The first-order valence-corrected chi connectivity index (χ1v) is 8.28. The summed E-state index contributed by atoms with van der Waals surface area (Å²) >= 11 is 0. The molecular formula is C20H25NO4. The molecule has 1 N–H and O–H groups in total. The molecule has 0 unspecified atom stereocenters. The van der Waals surface area contributed by atoms with Crippen molar-refractivity contribution in [3.8, 4) is 17.2 Å². The van der Waals surface area contributed by atoms with E-state index in [1.54, 1.807) is 26.4 Å². The van der Waals surface area contributed by atoms with Crippen LogP contribution in [0.25, 0.3) is 0 Å². The van der Waals surface area contributed by atoms with Crippen molar-refractivity contribution in [2.75, 3.05) is 20.8 Å². The maximum atomic E-state index is 12.2. The fourth-order valence-corrected chi connectivity index (χ4v) is 2.62. The van der Waals surface area contributed by atoms with Crippen LogP contribution in [-0.4, -0.2) is 26.7 Å². The number of carbonyl (C=O) groups is 1. The normalized spacial score (nSPS) is 11.5. The molecule has 0 bridgehead atoms. The molecule has 0 aliphatic heterocycles.